The second-order valence-electron chi connectivity index (χ2n) is 3.55. The minimum atomic E-state index is -0.0429. The summed E-state index contributed by atoms with van der Waals surface area (Å²) in [6, 6.07) is 9.90. The number of nitrogens with zero attached hydrogens (tertiary/aromatic N) is 1. The highest BCUT2D eigenvalue weighted by molar-refractivity contribution is 6.30. The van der Waals surface area contributed by atoms with E-state index < -0.39 is 0 Å². The Morgan fingerprint density at radius 1 is 1.50 bits per heavy atom. The highest BCUT2D eigenvalue weighted by Crippen LogP contribution is 2.27. The molecule has 0 spiro atoms. The molecule has 0 radical (unpaired) electrons. The molecule has 0 aromatic heterocycles. The Bertz CT molecular complexity index is 340. The predicted molar refractivity (Wildman–Crippen MR) is 59.3 cm³/mol. The van der Waals surface area contributed by atoms with E-state index in [0.717, 1.165) is 12.0 Å². The average Bonchev–Trinajstić information content (AvgIpc) is 2.19. The molecule has 0 heterocycles. The Morgan fingerprint density at radius 2 is 2.21 bits per heavy atom. The third-order valence-corrected chi connectivity index (χ3v) is 2.79. The molecule has 0 aliphatic carbocycles. The van der Waals surface area contributed by atoms with Gasteiger partial charge in [0, 0.05) is 5.02 Å². The van der Waals surface area contributed by atoms with E-state index in [0.29, 0.717) is 10.9 Å². The molecule has 0 bridgehead atoms. The molecule has 2 unspecified atom stereocenters. The molecule has 0 N–H and O–H groups in total. The van der Waals surface area contributed by atoms with Gasteiger partial charge in [-0.05, 0) is 23.6 Å². The van der Waals surface area contributed by atoms with Crippen molar-refractivity contribution in [3.63, 3.8) is 0 Å². The lowest BCUT2D eigenvalue weighted by Gasteiger charge is -2.15. The Morgan fingerprint density at radius 3 is 2.71 bits per heavy atom. The molecule has 1 aromatic carbocycles. The molecule has 0 saturated heterocycles. The molecule has 74 valence electrons. The van der Waals surface area contributed by atoms with Crippen molar-refractivity contribution in [1.82, 2.24) is 0 Å². The zero-order chi connectivity index (χ0) is 10.6. The first-order valence-electron chi connectivity index (χ1n) is 4.84. The fourth-order valence-electron chi connectivity index (χ4n) is 1.47. The molecule has 2 atom stereocenters. The van der Waals surface area contributed by atoms with Crippen LogP contribution in [0.15, 0.2) is 24.3 Å². The maximum absolute atomic E-state index is 9.08. The summed E-state index contributed by atoms with van der Waals surface area (Å²) in [6.45, 7) is 4.19. The van der Waals surface area contributed by atoms with Gasteiger partial charge in [-0.15, -0.1) is 0 Å². The van der Waals surface area contributed by atoms with Gasteiger partial charge >= 0.3 is 0 Å². The molecule has 0 aliphatic heterocycles. The lowest BCUT2D eigenvalue weighted by Crippen LogP contribution is -2.06. The second kappa shape index (κ2) is 5.02. The molecular weight excluding hydrogens is 194 g/mol. The number of hydrogen-bond donors (Lipinski definition) is 0. The summed E-state index contributed by atoms with van der Waals surface area (Å²) in [7, 11) is 0. The number of benzene rings is 1. The van der Waals surface area contributed by atoms with Crippen LogP contribution >= 0.6 is 11.6 Å². The Labute approximate surface area is 90.3 Å². The lowest BCUT2D eigenvalue weighted by molar-refractivity contribution is 0.514. The van der Waals surface area contributed by atoms with E-state index >= 15 is 0 Å². The van der Waals surface area contributed by atoms with Crippen molar-refractivity contribution < 1.29 is 0 Å². The molecule has 0 fully saturated rings. The van der Waals surface area contributed by atoms with Gasteiger partial charge in [-0.3, -0.25) is 0 Å². The van der Waals surface area contributed by atoms with Crippen molar-refractivity contribution in [2.75, 3.05) is 0 Å². The van der Waals surface area contributed by atoms with Crippen molar-refractivity contribution in [2.24, 2.45) is 5.92 Å². The van der Waals surface area contributed by atoms with Crippen molar-refractivity contribution in [3.05, 3.63) is 34.9 Å². The van der Waals surface area contributed by atoms with Gasteiger partial charge in [0.05, 0.1) is 12.0 Å². The maximum atomic E-state index is 9.08. The summed E-state index contributed by atoms with van der Waals surface area (Å²) in [6.07, 6.45) is 1.00. The first-order valence-corrected chi connectivity index (χ1v) is 5.22. The van der Waals surface area contributed by atoms with Gasteiger partial charge in [0.2, 0.25) is 0 Å². The highest BCUT2D eigenvalue weighted by Gasteiger charge is 2.17. The first kappa shape index (κ1) is 11.1. The molecule has 2 heteroatoms. The second-order valence-corrected chi connectivity index (χ2v) is 3.98. The van der Waals surface area contributed by atoms with Crippen LogP contribution in [0.2, 0.25) is 5.02 Å². The number of hydrogen-bond acceptors (Lipinski definition) is 1. The van der Waals surface area contributed by atoms with Crippen molar-refractivity contribution in [3.8, 4) is 6.07 Å². The van der Waals surface area contributed by atoms with Gasteiger partial charge in [0.15, 0.2) is 0 Å². The van der Waals surface area contributed by atoms with Crippen LogP contribution in [0, 0.1) is 17.2 Å². The minimum absolute atomic E-state index is 0.0429. The summed E-state index contributed by atoms with van der Waals surface area (Å²) >= 11 is 5.88. The van der Waals surface area contributed by atoms with Crippen LogP contribution in [0.1, 0.15) is 31.7 Å². The Hall–Kier alpha value is -1.00. The van der Waals surface area contributed by atoms with Crippen LogP contribution in [0.5, 0.6) is 0 Å². The van der Waals surface area contributed by atoms with Gasteiger partial charge in [0.25, 0.3) is 0 Å². The van der Waals surface area contributed by atoms with E-state index in [9.17, 15) is 0 Å². The highest BCUT2D eigenvalue weighted by atomic mass is 35.5. The van der Waals surface area contributed by atoms with Gasteiger partial charge in [-0.2, -0.15) is 5.26 Å². The van der Waals surface area contributed by atoms with Crippen LogP contribution < -0.4 is 0 Å². The van der Waals surface area contributed by atoms with E-state index in [1.165, 1.54) is 0 Å². The number of rotatable bonds is 3. The number of halogens is 1. The summed E-state index contributed by atoms with van der Waals surface area (Å²) in [5.41, 5.74) is 1.02. The molecule has 0 saturated carbocycles. The van der Waals surface area contributed by atoms with Crippen molar-refractivity contribution in [2.45, 2.75) is 26.2 Å². The standard InChI is InChI=1S/C12H14ClN/c1-3-9(2)12(8-14)10-5-4-6-11(13)7-10/h4-7,9,12H,3H2,1-2H3. The zero-order valence-corrected chi connectivity index (χ0v) is 9.25. The summed E-state index contributed by atoms with van der Waals surface area (Å²) in [5, 5.41) is 9.78. The van der Waals surface area contributed by atoms with Gasteiger partial charge in [-0.25, -0.2) is 0 Å². The minimum Gasteiger partial charge on any atom is -0.198 e. The molecule has 1 rings (SSSR count). The average molecular weight is 208 g/mol. The van der Waals surface area contributed by atoms with E-state index in [4.69, 9.17) is 16.9 Å². The maximum Gasteiger partial charge on any atom is 0.0738 e. The van der Waals surface area contributed by atoms with Gasteiger partial charge in [0.1, 0.15) is 0 Å². The predicted octanol–water partition coefficient (Wildman–Crippen LogP) is 3.99. The van der Waals surface area contributed by atoms with Gasteiger partial charge in [-0.1, -0.05) is 44.0 Å². The molecule has 14 heavy (non-hydrogen) atoms. The third kappa shape index (κ3) is 2.49. The Kier molecular flexibility index (Phi) is 3.98. The quantitative estimate of drug-likeness (QED) is 0.735. The summed E-state index contributed by atoms with van der Waals surface area (Å²) < 4.78 is 0. The zero-order valence-electron chi connectivity index (χ0n) is 8.50. The van der Waals surface area contributed by atoms with Crippen molar-refractivity contribution in [1.29, 1.82) is 5.26 Å². The van der Waals surface area contributed by atoms with Crippen LogP contribution in [0.3, 0.4) is 0 Å². The van der Waals surface area contributed by atoms with Crippen LogP contribution in [-0.2, 0) is 0 Å². The van der Waals surface area contributed by atoms with Crippen molar-refractivity contribution >= 4 is 11.6 Å². The number of nitriles is 1. The Balaban J connectivity index is 2.96. The van der Waals surface area contributed by atoms with Crippen LogP contribution in [0.4, 0.5) is 0 Å². The normalized spacial score (nSPS) is 14.4. The summed E-state index contributed by atoms with van der Waals surface area (Å²) in [5.74, 6) is 0.331. The molecule has 0 aliphatic rings. The van der Waals surface area contributed by atoms with E-state index in [2.05, 4.69) is 19.9 Å². The third-order valence-electron chi connectivity index (χ3n) is 2.56. The fraction of sp³-hybridized carbons (Fsp3) is 0.417. The monoisotopic (exact) mass is 207 g/mol. The largest absolute Gasteiger partial charge is 0.198 e. The molecule has 1 aromatic rings. The van der Waals surface area contributed by atoms with E-state index in [1.54, 1.807) is 0 Å². The molecule has 1 nitrogen and oxygen atoms in total. The molecular formula is C12H14ClN. The van der Waals surface area contributed by atoms with E-state index in [1.807, 2.05) is 24.3 Å². The lowest BCUT2D eigenvalue weighted by atomic mass is 9.87. The van der Waals surface area contributed by atoms with Crippen LogP contribution in [-0.4, -0.2) is 0 Å². The van der Waals surface area contributed by atoms with Crippen LogP contribution in [0.25, 0.3) is 0 Å². The topological polar surface area (TPSA) is 23.8 Å². The first-order chi connectivity index (χ1) is 6.69. The molecule has 0 amide bonds. The summed E-state index contributed by atoms with van der Waals surface area (Å²) in [4.78, 5) is 0. The smallest absolute Gasteiger partial charge is 0.0738 e. The van der Waals surface area contributed by atoms with Gasteiger partial charge < -0.3 is 0 Å². The van der Waals surface area contributed by atoms with E-state index in [-0.39, 0.29) is 5.92 Å². The fourth-order valence-corrected chi connectivity index (χ4v) is 1.66. The SMILES string of the molecule is CCC(C)C(C#N)c1cccc(Cl)c1.